The molecule has 0 aliphatic carbocycles. The number of benzene rings is 1. The second-order valence-electron chi connectivity index (χ2n) is 5.28. The van der Waals surface area contributed by atoms with Gasteiger partial charge in [0.25, 0.3) is 0 Å². The molecular weight excluding hydrogens is 282 g/mol. The summed E-state index contributed by atoms with van der Waals surface area (Å²) < 4.78 is 0. The van der Waals surface area contributed by atoms with E-state index in [0.717, 1.165) is 18.4 Å². The molecular formula is C15H17N5O2. The second kappa shape index (κ2) is 5.97. The van der Waals surface area contributed by atoms with Gasteiger partial charge in [0, 0.05) is 24.3 Å². The molecule has 0 atom stereocenters. The minimum Gasteiger partial charge on any atom is -0.334 e. The van der Waals surface area contributed by atoms with Crippen molar-refractivity contribution in [1.29, 1.82) is 0 Å². The largest absolute Gasteiger partial charge is 0.334 e. The van der Waals surface area contributed by atoms with Crippen LogP contribution in [0.1, 0.15) is 18.7 Å². The Kier molecular flexibility index (Phi) is 3.86. The number of aryl methyl sites for hydroxylation is 1. The number of H-pyrrole nitrogens is 1. The van der Waals surface area contributed by atoms with Gasteiger partial charge < -0.3 is 10.2 Å². The molecule has 0 unspecified atom stereocenters. The normalized spacial score (nSPS) is 14.1. The lowest BCUT2D eigenvalue weighted by atomic mass is 10.2. The Hall–Kier alpha value is -2.70. The van der Waals surface area contributed by atoms with Gasteiger partial charge in [-0.25, -0.2) is 4.98 Å². The maximum absolute atomic E-state index is 12.0. The molecule has 1 aromatic heterocycles. The van der Waals surface area contributed by atoms with Crippen LogP contribution in [0.3, 0.4) is 0 Å². The summed E-state index contributed by atoms with van der Waals surface area (Å²) in [7, 11) is 0. The quantitative estimate of drug-likeness (QED) is 0.819. The van der Waals surface area contributed by atoms with E-state index in [1.54, 1.807) is 23.1 Å². The first kappa shape index (κ1) is 14.2. The van der Waals surface area contributed by atoms with Crippen LogP contribution in [-0.4, -0.2) is 45.0 Å². The van der Waals surface area contributed by atoms with Gasteiger partial charge in [-0.05, 0) is 31.9 Å². The maximum Gasteiger partial charge on any atom is 0.313 e. The maximum atomic E-state index is 12.0. The molecule has 7 nitrogen and oxygen atoms in total. The molecule has 22 heavy (non-hydrogen) atoms. The fraction of sp³-hybridized carbons (Fsp3) is 0.333. The fourth-order valence-corrected chi connectivity index (χ4v) is 2.46. The zero-order chi connectivity index (χ0) is 15.5. The van der Waals surface area contributed by atoms with E-state index in [1.807, 2.05) is 13.0 Å². The number of aromatic nitrogens is 3. The number of carbonyl (C=O) groups excluding carboxylic acids is 2. The van der Waals surface area contributed by atoms with Crippen LogP contribution in [0.25, 0.3) is 11.4 Å². The van der Waals surface area contributed by atoms with Crippen LogP contribution >= 0.6 is 0 Å². The number of nitrogens with zero attached hydrogens (tertiary/aromatic N) is 3. The van der Waals surface area contributed by atoms with E-state index in [1.165, 1.54) is 0 Å². The summed E-state index contributed by atoms with van der Waals surface area (Å²) in [4.78, 5) is 29.8. The third-order valence-electron chi connectivity index (χ3n) is 3.56. The number of likely N-dealkylation sites (tertiary alicyclic amines) is 1. The molecule has 2 aromatic rings. The van der Waals surface area contributed by atoms with Crippen LogP contribution in [0.4, 0.5) is 5.69 Å². The third-order valence-corrected chi connectivity index (χ3v) is 3.56. The molecule has 2 heterocycles. The van der Waals surface area contributed by atoms with Crippen LogP contribution < -0.4 is 5.32 Å². The van der Waals surface area contributed by atoms with Crippen molar-refractivity contribution in [3.63, 3.8) is 0 Å². The summed E-state index contributed by atoms with van der Waals surface area (Å²) >= 11 is 0. The highest BCUT2D eigenvalue weighted by Crippen LogP contribution is 2.19. The average molecular weight is 299 g/mol. The Morgan fingerprint density at radius 2 is 2.05 bits per heavy atom. The van der Waals surface area contributed by atoms with E-state index in [4.69, 9.17) is 0 Å². The number of hydrogen-bond donors (Lipinski definition) is 2. The minimum absolute atomic E-state index is 0.475. The number of amides is 2. The number of aromatic amines is 1. The van der Waals surface area contributed by atoms with Gasteiger partial charge >= 0.3 is 11.8 Å². The van der Waals surface area contributed by atoms with Crippen LogP contribution in [0, 0.1) is 6.92 Å². The molecule has 0 bridgehead atoms. The van der Waals surface area contributed by atoms with Crippen molar-refractivity contribution in [1.82, 2.24) is 20.1 Å². The molecule has 3 rings (SSSR count). The second-order valence-corrected chi connectivity index (χ2v) is 5.28. The SMILES string of the molecule is Cc1nc(-c2cccc(NC(=O)C(=O)N3CCCC3)c2)n[nH]1. The van der Waals surface area contributed by atoms with Crippen LogP contribution in [0.15, 0.2) is 24.3 Å². The van der Waals surface area contributed by atoms with E-state index < -0.39 is 11.8 Å². The number of rotatable bonds is 2. The highest BCUT2D eigenvalue weighted by molar-refractivity contribution is 6.39. The number of nitrogens with one attached hydrogen (secondary N) is 2. The minimum atomic E-state index is -0.606. The number of carbonyl (C=O) groups is 2. The van der Waals surface area contributed by atoms with Gasteiger partial charge in [-0.3, -0.25) is 14.7 Å². The lowest BCUT2D eigenvalue weighted by molar-refractivity contribution is -0.142. The first-order valence-corrected chi connectivity index (χ1v) is 7.23. The summed E-state index contributed by atoms with van der Waals surface area (Å²) in [5, 5.41) is 9.49. The predicted molar refractivity (Wildman–Crippen MR) is 81.0 cm³/mol. The highest BCUT2D eigenvalue weighted by atomic mass is 16.2. The van der Waals surface area contributed by atoms with Crippen molar-refractivity contribution in [2.75, 3.05) is 18.4 Å². The van der Waals surface area contributed by atoms with E-state index in [9.17, 15) is 9.59 Å². The van der Waals surface area contributed by atoms with Gasteiger partial charge in [0.2, 0.25) is 0 Å². The third kappa shape index (κ3) is 2.98. The first-order chi connectivity index (χ1) is 10.6. The summed E-state index contributed by atoms with van der Waals surface area (Å²) in [5.74, 6) is 0.190. The van der Waals surface area contributed by atoms with Crippen molar-refractivity contribution in [3.05, 3.63) is 30.1 Å². The average Bonchev–Trinajstić information content (AvgIpc) is 3.18. The van der Waals surface area contributed by atoms with Crippen molar-refractivity contribution in [3.8, 4) is 11.4 Å². The number of hydrogen-bond acceptors (Lipinski definition) is 4. The molecule has 0 spiro atoms. The Balaban J connectivity index is 1.72. The van der Waals surface area contributed by atoms with Crippen LogP contribution in [0.2, 0.25) is 0 Å². The van der Waals surface area contributed by atoms with Gasteiger partial charge in [0.15, 0.2) is 5.82 Å². The highest BCUT2D eigenvalue weighted by Gasteiger charge is 2.24. The fourth-order valence-electron chi connectivity index (χ4n) is 2.46. The van der Waals surface area contributed by atoms with Gasteiger partial charge in [-0.2, -0.15) is 5.10 Å². The number of anilines is 1. The molecule has 1 aromatic carbocycles. The Morgan fingerprint density at radius 1 is 1.27 bits per heavy atom. The van der Waals surface area contributed by atoms with Crippen molar-refractivity contribution in [2.24, 2.45) is 0 Å². The Labute approximate surface area is 127 Å². The Morgan fingerprint density at radius 3 is 2.73 bits per heavy atom. The molecule has 2 amide bonds. The molecule has 1 fully saturated rings. The van der Waals surface area contributed by atoms with Crippen molar-refractivity contribution < 1.29 is 9.59 Å². The zero-order valence-electron chi connectivity index (χ0n) is 12.3. The van der Waals surface area contributed by atoms with Gasteiger partial charge in [-0.1, -0.05) is 12.1 Å². The van der Waals surface area contributed by atoms with Gasteiger partial charge in [0.05, 0.1) is 0 Å². The zero-order valence-corrected chi connectivity index (χ0v) is 12.3. The molecule has 7 heteroatoms. The van der Waals surface area contributed by atoms with E-state index >= 15 is 0 Å². The Bertz CT molecular complexity index is 703. The van der Waals surface area contributed by atoms with Gasteiger partial charge in [0.1, 0.15) is 5.82 Å². The molecule has 0 saturated carbocycles. The van der Waals surface area contributed by atoms with Crippen molar-refractivity contribution >= 4 is 17.5 Å². The topological polar surface area (TPSA) is 91.0 Å². The van der Waals surface area contributed by atoms with E-state index in [-0.39, 0.29) is 0 Å². The smallest absolute Gasteiger partial charge is 0.313 e. The van der Waals surface area contributed by atoms with Crippen molar-refractivity contribution in [2.45, 2.75) is 19.8 Å². The molecule has 0 radical (unpaired) electrons. The molecule has 114 valence electrons. The molecule has 1 aliphatic heterocycles. The molecule has 1 aliphatic rings. The summed E-state index contributed by atoms with van der Waals surface area (Å²) in [6.07, 6.45) is 1.91. The van der Waals surface area contributed by atoms with Gasteiger partial charge in [-0.15, -0.1) is 0 Å². The first-order valence-electron chi connectivity index (χ1n) is 7.23. The summed E-state index contributed by atoms with van der Waals surface area (Å²) in [5.41, 5.74) is 1.33. The molecule has 1 saturated heterocycles. The predicted octanol–water partition coefficient (Wildman–Crippen LogP) is 1.34. The van der Waals surface area contributed by atoms with E-state index in [0.29, 0.717) is 30.4 Å². The monoisotopic (exact) mass is 299 g/mol. The lowest BCUT2D eigenvalue weighted by Gasteiger charge is -2.14. The van der Waals surface area contributed by atoms with Crippen LogP contribution in [-0.2, 0) is 9.59 Å². The van der Waals surface area contributed by atoms with Crippen LogP contribution in [0.5, 0.6) is 0 Å². The lowest BCUT2D eigenvalue weighted by Crippen LogP contribution is -2.37. The standard InChI is InChI=1S/C15H17N5O2/c1-10-16-13(19-18-10)11-5-4-6-12(9-11)17-14(21)15(22)20-7-2-3-8-20/h4-6,9H,2-3,7-8H2,1H3,(H,17,21)(H,16,18,19). The summed E-state index contributed by atoms with van der Waals surface area (Å²) in [6, 6.07) is 7.12. The van der Waals surface area contributed by atoms with E-state index in [2.05, 4.69) is 20.5 Å². The summed E-state index contributed by atoms with van der Waals surface area (Å²) in [6.45, 7) is 3.13. The molecule has 2 N–H and O–H groups in total.